The van der Waals surface area contributed by atoms with Crippen molar-refractivity contribution in [3.63, 3.8) is 0 Å². The molecule has 1 aliphatic heterocycles. The summed E-state index contributed by atoms with van der Waals surface area (Å²) in [7, 11) is 0. The van der Waals surface area contributed by atoms with E-state index < -0.39 is 0 Å². The van der Waals surface area contributed by atoms with E-state index in [1.54, 1.807) is 0 Å². The maximum Gasteiger partial charge on any atom is 0.137 e. The third-order valence-electron chi connectivity index (χ3n) is 8.47. The number of rotatable bonds is 5. The molecular formula is C40H27N5O. The highest BCUT2D eigenvalue weighted by molar-refractivity contribution is 6.09. The summed E-state index contributed by atoms with van der Waals surface area (Å²) in [6.07, 6.45) is 10.1. The molecule has 6 heteroatoms. The molecule has 9 rings (SSSR count). The van der Waals surface area contributed by atoms with Gasteiger partial charge in [-0.15, -0.1) is 0 Å². The van der Waals surface area contributed by atoms with Gasteiger partial charge in [0.25, 0.3) is 0 Å². The van der Waals surface area contributed by atoms with E-state index in [9.17, 15) is 0 Å². The number of aromatic nitrogens is 4. The predicted molar refractivity (Wildman–Crippen MR) is 186 cm³/mol. The van der Waals surface area contributed by atoms with Gasteiger partial charge in [-0.05, 0) is 65.7 Å². The van der Waals surface area contributed by atoms with Crippen molar-refractivity contribution in [2.24, 2.45) is 0 Å². The van der Waals surface area contributed by atoms with Crippen LogP contribution in [0.25, 0.3) is 45.5 Å². The highest BCUT2D eigenvalue weighted by Crippen LogP contribution is 2.42. The lowest BCUT2D eigenvalue weighted by molar-refractivity contribution is 0.483. The van der Waals surface area contributed by atoms with Gasteiger partial charge in [-0.1, -0.05) is 78.9 Å². The van der Waals surface area contributed by atoms with Crippen LogP contribution in [0.4, 0.5) is 17.1 Å². The summed E-state index contributed by atoms with van der Waals surface area (Å²) in [4.78, 5) is 6.92. The van der Waals surface area contributed by atoms with E-state index in [4.69, 9.17) is 9.84 Å². The third-order valence-corrected chi connectivity index (χ3v) is 8.47. The Balaban J connectivity index is 1.07. The minimum absolute atomic E-state index is 0.726. The lowest BCUT2D eigenvalue weighted by Crippen LogP contribution is -2.10. The van der Waals surface area contributed by atoms with Crippen molar-refractivity contribution in [3.05, 3.63) is 163 Å². The molecule has 0 unspecified atom stereocenters. The van der Waals surface area contributed by atoms with E-state index in [-0.39, 0.29) is 0 Å². The number of hydrogen-bond acceptors (Lipinski definition) is 4. The minimum atomic E-state index is 0.726. The zero-order valence-corrected chi connectivity index (χ0v) is 24.7. The van der Waals surface area contributed by atoms with Crippen molar-refractivity contribution in [1.82, 2.24) is 19.3 Å². The molecule has 46 heavy (non-hydrogen) atoms. The molecule has 0 aliphatic carbocycles. The zero-order valence-electron chi connectivity index (χ0n) is 24.7. The number of ether oxygens (including phenoxy) is 1. The monoisotopic (exact) mass is 593 g/mol. The molecule has 6 nitrogen and oxygen atoms in total. The smallest absolute Gasteiger partial charge is 0.137 e. The van der Waals surface area contributed by atoms with E-state index in [0.717, 1.165) is 67.6 Å². The summed E-state index contributed by atoms with van der Waals surface area (Å²) in [6, 6.07) is 45.5. The van der Waals surface area contributed by atoms with Crippen LogP contribution in [-0.2, 0) is 0 Å². The maximum atomic E-state index is 6.47. The van der Waals surface area contributed by atoms with Crippen LogP contribution in [0.15, 0.2) is 152 Å². The van der Waals surface area contributed by atoms with Gasteiger partial charge in [0.15, 0.2) is 0 Å². The largest absolute Gasteiger partial charge is 0.457 e. The molecule has 0 atom stereocenters. The lowest BCUT2D eigenvalue weighted by Gasteiger charge is -2.25. The number of anilines is 3. The van der Waals surface area contributed by atoms with E-state index >= 15 is 0 Å². The van der Waals surface area contributed by atoms with Crippen LogP contribution in [-0.4, -0.2) is 19.3 Å². The standard InChI is InChI=1S/C40H27N5O/c1-4-15-36-28(10-1)19-20-29-11-2-5-16-37(29)44(36)31-26-42-43(27-31)30-12-9-13-32(24-30)46-33-21-22-35-34-14-3-6-17-38(34)45(39(35)25-33)40-18-7-8-23-41-40/h1-27H. The van der Waals surface area contributed by atoms with Crippen LogP contribution in [0, 0.1) is 0 Å². The van der Waals surface area contributed by atoms with Gasteiger partial charge in [0.05, 0.1) is 46.2 Å². The maximum absolute atomic E-state index is 6.47. The molecule has 0 fully saturated rings. The quantitative estimate of drug-likeness (QED) is 0.199. The molecule has 8 aromatic rings. The number of benzene rings is 5. The first kappa shape index (κ1) is 26.0. The summed E-state index contributed by atoms with van der Waals surface area (Å²) >= 11 is 0. The molecule has 0 saturated carbocycles. The molecule has 3 aromatic heterocycles. The van der Waals surface area contributed by atoms with Gasteiger partial charge in [0.1, 0.15) is 17.3 Å². The van der Waals surface area contributed by atoms with Gasteiger partial charge in [-0.25, -0.2) is 9.67 Å². The predicted octanol–water partition coefficient (Wildman–Crippen LogP) is 10.1. The summed E-state index contributed by atoms with van der Waals surface area (Å²) in [5, 5.41) is 7.11. The average Bonchev–Trinajstić information content (AvgIpc) is 3.68. The van der Waals surface area contributed by atoms with Gasteiger partial charge < -0.3 is 9.64 Å². The van der Waals surface area contributed by atoms with Crippen molar-refractivity contribution < 1.29 is 4.74 Å². The molecular weight excluding hydrogens is 566 g/mol. The van der Waals surface area contributed by atoms with Crippen LogP contribution in [0.3, 0.4) is 0 Å². The Kier molecular flexibility index (Phi) is 6.03. The number of para-hydroxylation sites is 3. The van der Waals surface area contributed by atoms with Gasteiger partial charge in [0.2, 0.25) is 0 Å². The molecule has 0 spiro atoms. The highest BCUT2D eigenvalue weighted by atomic mass is 16.5. The topological polar surface area (TPSA) is 48.1 Å². The van der Waals surface area contributed by atoms with Crippen molar-refractivity contribution in [1.29, 1.82) is 0 Å². The summed E-state index contributed by atoms with van der Waals surface area (Å²) in [6.45, 7) is 0. The SMILES string of the molecule is C1=Cc2ccccc2N(c2cnn(-c3cccc(Oc4ccc5c6ccccc6n(-c6ccccn6)c5c4)c3)c2)c2ccccc21. The molecule has 0 bridgehead atoms. The Labute approximate surface area is 265 Å². The molecule has 0 amide bonds. The molecule has 1 aliphatic rings. The molecule has 0 N–H and O–H groups in total. The minimum Gasteiger partial charge on any atom is -0.457 e. The number of pyridine rings is 1. The van der Waals surface area contributed by atoms with Gasteiger partial charge in [0, 0.05) is 29.1 Å². The zero-order chi connectivity index (χ0) is 30.5. The number of fused-ring (bicyclic) bond motifs is 5. The first-order valence-corrected chi connectivity index (χ1v) is 15.2. The Hall–Kier alpha value is -6.40. The Morgan fingerprint density at radius 1 is 0.543 bits per heavy atom. The molecule has 4 heterocycles. The third kappa shape index (κ3) is 4.35. The van der Waals surface area contributed by atoms with E-state index in [1.807, 2.05) is 65.6 Å². The van der Waals surface area contributed by atoms with E-state index in [2.05, 4.69) is 118 Å². The van der Waals surface area contributed by atoms with Crippen LogP contribution in [0.2, 0.25) is 0 Å². The second-order valence-corrected chi connectivity index (χ2v) is 11.2. The van der Waals surface area contributed by atoms with E-state index in [0.29, 0.717) is 0 Å². The van der Waals surface area contributed by atoms with Gasteiger partial charge in [-0.3, -0.25) is 4.57 Å². The van der Waals surface area contributed by atoms with Gasteiger partial charge >= 0.3 is 0 Å². The number of hydrogen-bond donors (Lipinski definition) is 0. The molecule has 218 valence electrons. The summed E-state index contributed by atoms with van der Waals surface area (Å²) in [5.74, 6) is 2.34. The van der Waals surface area contributed by atoms with Crippen molar-refractivity contribution in [3.8, 4) is 23.0 Å². The molecule has 5 aromatic carbocycles. The first-order valence-electron chi connectivity index (χ1n) is 15.2. The van der Waals surface area contributed by atoms with Crippen molar-refractivity contribution >= 4 is 51.0 Å². The second-order valence-electron chi connectivity index (χ2n) is 11.2. The lowest BCUT2D eigenvalue weighted by atomic mass is 10.1. The van der Waals surface area contributed by atoms with Crippen LogP contribution in [0.1, 0.15) is 11.1 Å². The van der Waals surface area contributed by atoms with Crippen molar-refractivity contribution in [2.75, 3.05) is 4.90 Å². The fourth-order valence-corrected chi connectivity index (χ4v) is 6.39. The summed E-state index contributed by atoms with van der Waals surface area (Å²) in [5.41, 5.74) is 8.55. The molecule has 0 saturated heterocycles. The Morgan fingerprint density at radius 3 is 2.07 bits per heavy atom. The first-order chi connectivity index (χ1) is 22.8. The highest BCUT2D eigenvalue weighted by Gasteiger charge is 2.21. The summed E-state index contributed by atoms with van der Waals surface area (Å²) < 4.78 is 10.6. The van der Waals surface area contributed by atoms with Gasteiger partial charge in [-0.2, -0.15) is 5.10 Å². The number of nitrogens with zero attached hydrogens (tertiary/aromatic N) is 5. The average molecular weight is 594 g/mol. The van der Waals surface area contributed by atoms with Crippen molar-refractivity contribution in [2.45, 2.75) is 0 Å². The fourth-order valence-electron chi connectivity index (χ4n) is 6.39. The van der Waals surface area contributed by atoms with Crippen LogP contribution in [0.5, 0.6) is 11.5 Å². The Bertz CT molecular complexity index is 2370. The van der Waals surface area contributed by atoms with E-state index in [1.165, 1.54) is 5.39 Å². The van der Waals surface area contributed by atoms with Crippen LogP contribution >= 0.6 is 0 Å². The normalized spacial score (nSPS) is 12.2. The van der Waals surface area contributed by atoms with Crippen LogP contribution < -0.4 is 9.64 Å². The molecule has 0 radical (unpaired) electrons. The second kappa shape index (κ2) is 10.6. The fraction of sp³-hybridized carbons (Fsp3) is 0. The Morgan fingerprint density at radius 2 is 1.26 bits per heavy atom.